The fourth-order valence-electron chi connectivity index (χ4n) is 2.15. The Bertz CT molecular complexity index is 297. The van der Waals surface area contributed by atoms with Gasteiger partial charge in [-0.1, -0.05) is 12.8 Å². The monoisotopic (exact) mass is 247 g/mol. The van der Waals surface area contributed by atoms with Crippen molar-refractivity contribution in [2.75, 3.05) is 12.3 Å². The van der Waals surface area contributed by atoms with Crippen molar-refractivity contribution < 1.29 is 8.42 Å². The molecule has 0 spiro atoms. The molecule has 1 fully saturated rings. The second-order valence-corrected chi connectivity index (χ2v) is 8.20. The Morgan fingerprint density at radius 3 is 2.25 bits per heavy atom. The van der Waals surface area contributed by atoms with Crippen molar-refractivity contribution >= 4 is 9.84 Å². The predicted molar refractivity (Wildman–Crippen MR) is 68.4 cm³/mol. The molecule has 0 bridgehead atoms. The molecule has 4 heteroatoms. The number of hydrogen-bond donors (Lipinski definition) is 1. The first-order chi connectivity index (χ1) is 7.31. The van der Waals surface area contributed by atoms with Crippen LogP contribution in [0.4, 0.5) is 0 Å². The smallest absolute Gasteiger partial charge is 0.153 e. The third-order valence-corrected chi connectivity index (χ3v) is 5.42. The number of rotatable bonds is 5. The summed E-state index contributed by atoms with van der Waals surface area (Å²) in [6.07, 6.45) is 4.68. The van der Waals surface area contributed by atoms with Gasteiger partial charge in [0.05, 0.1) is 11.0 Å². The molecular weight excluding hydrogens is 222 g/mol. The Morgan fingerprint density at radius 1 is 1.19 bits per heavy atom. The molecule has 0 heterocycles. The number of sulfone groups is 1. The zero-order chi connectivity index (χ0) is 12.2. The maximum atomic E-state index is 11.9. The Hall–Kier alpha value is -0.0900. The van der Waals surface area contributed by atoms with Crippen LogP contribution in [-0.4, -0.2) is 31.5 Å². The zero-order valence-corrected chi connectivity index (χ0v) is 11.6. The maximum absolute atomic E-state index is 11.9. The van der Waals surface area contributed by atoms with Crippen molar-refractivity contribution in [2.45, 2.75) is 63.7 Å². The van der Waals surface area contributed by atoms with E-state index in [2.05, 4.69) is 26.1 Å². The van der Waals surface area contributed by atoms with E-state index >= 15 is 0 Å². The van der Waals surface area contributed by atoms with Gasteiger partial charge < -0.3 is 5.32 Å². The van der Waals surface area contributed by atoms with Crippen LogP contribution in [0.25, 0.3) is 0 Å². The lowest BCUT2D eigenvalue weighted by Gasteiger charge is -2.20. The summed E-state index contributed by atoms with van der Waals surface area (Å²) in [6, 6.07) is 0. The van der Waals surface area contributed by atoms with E-state index < -0.39 is 9.84 Å². The van der Waals surface area contributed by atoms with Gasteiger partial charge in [-0.05, 0) is 46.6 Å². The highest BCUT2D eigenvalue weighted by atomic mass is 32.2. The lowest BCUT2D eigenvalue weighted by atomic mass is 10.1. The molecule has 96 valence electrons. The van der Waals surface area contributed by atoms with Crippen LogP contribution in [0.1, 0.15) is 52.9 Å². The average Bonchev–Trinajstić information content (AvgIpc) is 2.64. The highest BCUT2D eigenvalue weighted by molar-refractivity contribution is 7.92. The molecule has 1 saturated carbocycles. The lowest BCUT2D eigenvalue weighted by molar-refractivity contribution is 0.426. The van der Waals surface area contributed by atoms with Crippen molar-refractivity contribution in [3.05, 3.63) is 0 Å². The number of nitrogens with one attached hydrogen (secondary N) is 1. The van der Waals surface area contributed by atoms with E-state index in [1.807, 2.05) is 0 Å². The van der Waals surface area contributed by atoms with Crippen molar-refractivity contribution in [3.63, 3.8) is 0 Å². The van der Waals surface area contributed by atoms with Crippen LogP contribution in [0, 0.1) is 0 Å². The molecule has 0 aromatic rings. The molecule has 1 aliphatic carbocycles. The van der Waals surface area contributed by atoms with Crippen molar-refractivity contribution in [3.8, 4) is 0 Å². The molecule has 1 rings (SSSR count). The first kappa shape index (κ1) is 14.0. The third kappa shape index (κ3) is 4.83. The average molecular weight is 247 g/mol. The van der Waals surface area contributed by atoms with Gasteiger partial charge in [-0.25, -0.2) is 8.42 Å². The van der Waals surface area contributed by atoms with Crippen LogP contribution in [0.15, 0.2) is 0 Å². The summed E-state index contributed by atoms with van der Waals surface area (Å²) in [5, 5.41) is 3.28. The molecule has 0 atom stereocenters. The molecule has 1 N–H and O–H groups in total. The van der Waals surface area contributed by atoms with Gasteiger partial charge >= 0.3 is 0 Å². The summed E-state index contributed by atoms with van der Waals surface area (Å²) >= 11 is 0. The molecule has 0 aliphatic heterocycles. The van der Waals surface area contributed by atoms with Crippen molar-refractivity contribution in [2.24, 2.45) is 0 Å². The summed E-state index contributed by atoms with van der Waals surface area (Å²) in [4.78, 5) is 0. The Kier molecular flexibility index (Phi) is 4.80. The van der Waals surface area contributed by atoms with Gasteiger partial charge in [0, 0.05) is 5.54 Å². The standard InChI is InChI=1S/C12H25NO2S/c1-12(2,3)13-9-6-10-16(14,15)11-7-4-5-8-11/h11,13H,4-10H2,1-3H3. The van der Waals surface area contributed by atoms with E-state index in [4.69, 9.17) is 0 Å². The van der Waals surface area contributed by atoms with E-state index in [1.165, 1.54) is 0 Å². The summed E-state index contributed by atoms with van der Waals surface area (Å²) in [7, 11) is -2.82. The fraction of sp³-hybridized carbons (Fsp3) is 1.00. The molecule has 1 aliphatic rings. The first-order valence-corrected chi connectivity index (χ1v) is 7.99. The topological polar surface area (TPSA) is 46.2 Å². The lowest BCUT2D eigenvalue weighted by Crippen LogP contribution is -2.37. The van der Waals surface area contributed by atoms with Gasteiger partial charge in [0.2, 0.25) is 0 Å². The summed E-state index contributed by atoms with van der Waals surface area (Å²) in [6.45, 7) is 7.07. The minimum atomic E-state index is -2.82. The van der Waals surface area contributed by atoms with Crippen LogP contribution in [0.2, 0.25) is 0 Å². The summed E-state index contributed by atoms with van der Waals surface area (Å²) in [5.41, 5.74) is 0.0805. The minimum Gasteiger partial charge on any atom is -0.312 e. The van der Waals surface area contributed by atoms with E-state index in [9.17, 15) is 8.42 Å². The molecule has 0 saturated heterocycles. The SMILES string of the molecule is CC(C)(C)NCCCS(=O)(=O)C1CCCC1. The fourth-order valence-corrected chi connectivity index (χ4v) is 4.08. The van der Waals surface area contributed by atoms with Gasteiger partial charge in [0.1, 0.15) is 0 Å². The highest BCUT2D eigenvalue weighted by Gasteiger charge is 2.27. The second-order valence-electron chi connectivity index (χ2n) is 5.80. The van der Waals surface area contributed by atoms with Gasteiger partial charge in [-0.15, -0.1) is 0 Å². The third-order valence-electron chi connectivity index (χ3n) is 3.07. The second kappa shape index (κ2) is 5.50. The summed E-state index contributed by atoms with van der Waals surface area (Å²) < 4.78 is 23.9. The van der Waals surface area contributed by atoms with Crippen molar-refractivity contribution in [1.29, 1.82) is 0 Å². The molecule has 0 aromatic heterocycles. The van der Waals surface area contributed by atoms with E-state index in [0.717, 1.165) is 38.6 Å². The first-order valence-electron chi connectivity index (χ1n) is 6.28. The molecule has 16 heavy (non-hydrogen) atoms. The number of hydrogen-bond acceptors (Lipinski definition) is 3. The van der Waals surface area contributed by atoms with E-state index in [1.54, 1.807) is 0 Å². The Balaban J connectivity index is 2.26. The van der Waals surface area contributed by atoms with Crippen LogP contribution in [-0.2, 0) is 9.84 Å². The molecular formula is C12H25NO2S. The van der Waals surface area contributed by atoms with Gasteiger partial charge in [0.25, 0.3) is 0 Å². The maximum Gasteiger partial charge on any atom is 0.153 e. The molecule has 3 nitrogen and oxygen atoms in total. The highest BCUT2D eigenvalue weighted by Crippen LogP contribution is 2.25. The molecule has 0 radical (unpaired) electrons. The van der Waals surface area contributed by atoms with Gasteiger partial charge in [-0.3, -0.25) is 0 Å². The van der Waals surface area contributed by atoms with Gasteiger partial charge in [-0.2, -0.15) is 0 Å². The van der Waals surface area contributed by atoms with Crippen LogP contribution >= 0.6 is 0 Å². The quantitative estimate of drug-likeness (QED) is 0.757. The minimum absolute atomic E-state index is 0.0397. The predicted octanol–water partition coefficient (Wildman–Crippen LogP) is 2.12. The van der Waals surface area contributed by atoms with E-state index in [0.29, 0.717) is 5.75 Å². The van der Waals surface area contributed by atoms with Crippen molar-refractivity contribution in [1.82, 2.24) is 5.32 Å². The van der Waals surface area contributed by atoms with Crippen LogP contribution < -0.4 is 5.32 Å². The Labute approximate surface area is 99.9 Å². The molecule has 0 unspecified atom stereocenters. The molecule has 0 aromatic carbocycles. The van der Waals surface area contributed by atoms with Gasteiger partial charge in [0.15, 0.2) is 9.84 Å². The normalized spacial score (nSPS) is 19.2. The zero-order valence-electron chi connectivity index (χ0n) is 10.8. The summed E-state index contributed by atoms with van der Waals surface area (Å²) in [5.74, 6) is 0.348. The van der Waals surface area contributed by atoms with Crippen LogP contribution in [0.5, 0.6) is 0 Å². The molecule has 0 amide bonds. The largest absolute Gasteiger partial charge is 0.312 e. The Morgan fingerprint density at radius 2 is 1.75 bits per heavy atom. The van der Waals surface area contributed by atoms with Crippen LogP contribution in [0.3, 0.4) is 0 Å². The van der Waals surface area contributed by atoms with E-state index in [-0.39, 0.29) is 10.8 Å².